The third kappa shape index (κ3) is 39.2. The molecule has 0 aromatic heterocycles. The summed E-state index contributed by atoms with van der Waals surface area (Å²) >= 11 is 0. The molecule has 0 saturated carbocycles. The van der Waals surface area contributed by atoms with Crippen molar-refractivity contribution in [1.29, 1.82) is 0 Å². The average Bonchev–Trinajstić information content (AvgIpc) is 3.15. The van der Waals surface area contributed by atoms with Crippen LogP contribution in [-0.4, -0.2) is 0 Å². The Morgan fingerprint density at radius 1 is 0.212 bits per heavy atom. The Morgan fingerprint density at radius 3 is 0.615 bits per heavy atom. The van der Waals surface area contributed by atoms with E-state index in [9.17, 15) is 0 Å². The number of hydrogen-bond acceptors (Lipinski definition) is 0. The van der Waals surface area contributed by atoms with E-state index in [2.05, 4.69) is 52.0 Å². The summed E-state index contributed by atoms with van der Waals surface area (Å²) in [4.78, 5) is 0. The number of rotatable bonds is 45. The van der Waals surface area contributed by atoms with Gasteiger partial charge in [0.15, 0.2) is 0 Å². The lowest BCUT2D eigenvalue weighted by Gasteiger charge is -2.35. The van der Waals surface area contributed by atoms with Crippen LogP contribution in [0.15, 0.2) is 24.3 Å². The van der Waals surface area contributed by atoms with E-state index in [0.29, 0.717) is 5.41 Å². The van der Waals surface area contributed by atoms with Crippen LogP contribution in [0.3, 0.4) is 0 Å². The monoisotopic (exact) mass is 727 g/mol. The van der Waals surface area contributed by atoms with Crippen LogP contribution in [0.1, 0.15) is 304 Å². The minimum absolute atomic E-state index is 0.652. The smallest absolute Gasteiger partial charge is 0.0297 e. The summed E-state index contributed by atoms with van der Waals surface area (Å²) in [5.41, 5.74) is 0.652. The molecule has 0 aliphatic carbocycles. The molecular weight excluding hydrogens is 625 g/mol. The first kappa shape index (κ1) is 51.5. The van der Waals surface area contributed by atoms with Crippen molar-refractivity contribution in [3.63, 3.8) is 0 Å². The molecule has 0 nitrogen and oxygen atoms in total. The Hall–Kier alpha value is -0.520. The van der Waals surface area contributed by atoms with E-state index in [1.807, 2.05) is 0 Å². The zero-order valence-corrected chi connectivity index (χ0v) is 37.2. The minimum atomic E-state index is 0.652. The lowest BCUT2D eigenvalue weighted by atomic mass is 9.70. The molecule has 0 rings (SSSR count). The third-order valence-electron chi connectivity index (χ3n) is 12.3. The van der Waals surface area contributed by atoms with E-state index in [0.717, 1.165) is 0 Å². The highest BCUT2D eigenvalue weighted by molar-refractivity contribution is 4.83. The van der Waals surface area contributed by atoms with Gasteiger partial charge in [-0.25, -0.2) is 0 Å². The van der Waals surface area contributed by atoms with E-state index in [1.165, 1.54) is 276 Å². The van der Waals surface area contributed by atoms with Crippen LogP contribution in [-0.2, 0) is 0 Å². The Morgan fingerprint density at radius 2 is 0.385 bits per heavy atom. The van der Waals surface area contributed by atoms with Gasteiger partial charge >= 0.3 is 0 Å². The highest BCUT2D eigenvalue weighted by atomic mass is 14.3. The molecule has 0 fully saturated rings. The van der Waals surface area contributed by atoms with Crippen molar-refractivity contribution < 1.29 is 0 Å². The van der Waals surface area contributed by atoms with E-state index in [4.69, 9.17) is 0 Å². The van der Waals surface area contributed by atoms with Gasteiger partial charge in [0, 0.05) is 0 Å². The summed E-state index contributed by atoms with van der Waals surface area (Å²) in [6, 6.07) is 0. The van der Waals surface area contributed by atoms with Gasteiger partial charge in [-0.2, -0.15) is 0 Å². The Bertz CT molecular complexity index is 642. The first-order chi connectivity index (χ1) is 25.7. The maximum atomic E-state index is 2.48. The fourth-order valence-electron chi connectivity index (χ4n) is 8.63. The summed E-state index contributed by atoms with van der Waals surface area (Å²) in [5.74, 6) is 0. The van der Waals surface area contributed by atoms with E-state index in [1.54, 1.807) is 0 Å². The van der Waals surface area contributed by atoms with Crippen molar-refractivity contribution in [2.45, 2.75) is 304 Å². The second kappa shape index (κ2) is 44.9. The first-order valence-corrected chi connectivity index (χ1v) is 25.0. The lowest BCUT2D eigenvalue weighted by Crippen LogP contribution is -2.21. The molecule has 0 aromatic carbocycles. The summed E-state index contributed by atoms with van der Waals surface area (Å²) < 4.78 is 0. The van der Waals surface area contributed by atoms with Gasteiger partial charge in [0.05, 0.1) is 0 Å². The maximum absolute atomic E-state index is 2.48. The minimum Gasteiger partial charge on any atom is -0.0885 e. The molecule has 52 heavy (non-hydrogen) atoms. The summed E-state index contributed by atoms with van der Waals surface area (Å²) in [6.07, 6.45) is 71.8. The van der Waals surface area contributed by atoms with Crippen LogP contribution in [0.4, 0.5) is 0 Å². The van der Waals surface area contributed by atoms with Gasteiger partial charge < -0.3 is 0 Å². The van der Waals surface area contributed by atoms with E-state index >= 15 is 0 Å². The Balaban J connectivity index is 4.52. The van der Waals surface area contributed by atoms with Crippen LogP contribution < -0.4 is 0 Å². The van der Waals surface area contributed by atoms with Crippen LogP contribution in [0, 0.1) is 5.41 Å². The van der Waals surface area contributed by atoms with Gasteiger partial charge in [0.2, 0.25) is 0 Å². The predicted molar refractivity (Wildman–Crippen MR) is 242 cm³/mol. The van der Waals surface area contributed by atoms with Crippen molar-refractivity contribution in [3.8, 4) is 0 Å². The fourth-order valence-corrected chi connectivity index (χ4v) is 8.63. The Labute approximate surface area is 332 Å². The average molecular weight is 727 g/mol. The summed E-state index contributed by atoms with van der Waals surface area (Å²) in [6.45, 7) is 9.35. The molecule has 0 atom stereocenters. The quantitative estimate of drug-likeness (QED) is 0.0433. The molecule has 0 aliphatic heterocycles. The van der Waals surface area contributed by atoms with Gasteiger partial charge in [-0.05, 0) is 82.5 Å². The number of hydrogen-bond donors (Lipinski definition) is 0. The molecule has 0 heteroatoms. The second-order valence-electron chi connectivity index (χ2n) is 17.6. The summed E-state index contributed by atoms with van der Waals surface area (Å²) in [5, 5.41) is 0. The standard InChI is InChI=1S/C52H102/c1-5-9-13-17-20-22-24-26-28-30-32-34-36-39-42-46-50-52(48-44-16-12-8-4,49-45-41-38-19-15-11-7-3)51-47-43-40-37-35-33-31-29-27-25-23-21-18-14-10-6-2/h26-29H,5-25,30-51H2,1-4H3/b28-26-,29-27-. The molecule has 0 radical (unpaired) electrons. The molecule has 0 bridgehead atoms. The maximum Gasteiger partial charge on any atom is -0.0297 e. The van der Waals surface area contributed by atoms with Gasteiger partial charge in [0.25, 0.3) is 0 Å². The molecule has 0 unspecified atom stereocenters. The number of unbranched alkanes of at least 4 members (excludes halogenated alkanes) is 33. The van der Waals surface area contributed by atoms with Gasteiger partial charge in [-0.15, -0.1) is 0 Å². The van der Waals surface area contributed by atoms with Crippen LogP contribution in [0.2, 0.25) is 0 Å². The van der Waals surface area contributed by atoms with Crippen molar-refractivity contribution in [3.05, 3.63) is 24.3 Å². The summed E-state index contributed by atoms with van der Waals surface area (Å²) in [7, 11) is 0. The van der Waals surface area contributed by atoms with Gasteiger partial charge in [0.1, 0.15) is 0 Å². The van der Waals surface area contributed by atoms with Crippen LogP contribution >= 0.6 is 0 Å². The van der Waals surface area contributed by atoms with E-state index in [-0.39, 0.29) is 0 Å². The van der Waals surface area contributed by atoms with Gasteiger partial charge in [-0.1, -0.05) is 251 Å². The molecule has 0 aliphatic rings. The first-order valence-electron chi connectivity index (χ1n) is 25.0. The van der Waals surface area contributed by atoms with Crippen LogP contribution in [0.5, 0.6) is 0 Å². The molecule has 0 saturated heterocycles. The van der Waals surface area contributed by atoms with Crippen molar-refractivity contribution in [1.82, 2.24) is 0 Å². The lowest BCUT2D eigenvalue weighted by molar-refractivity contribution is 0.171. The number of allylic oxidation sites excluding steroid dienone is 4. The second-order valence-corrected chi connectivity index (χ2v) is 17.6. The normalized spacial score (nSPS) is 12.3. The molecule has 310 valence electrons. The van der Waals surface area contributed by atoms with E-state index < -0.39 is 0 Å². The molecule has 0 spiro atoms. The van der Waals surface area contributed by atoms with Crippen molar-refractivity contribution in [2.24, 2.45) is 5.41 Å². The molecule has 0 heterocycles. The fraction of sp³-hybridized carbons (Fsp3) is 0.923. The largest absolute Gasteiger partial charge is 0.0885 e. The third-order valence-corrected chi connectivity index (χ3v) is 12.3. The van der Waals surface area contributed by atoms with Gasteiger partial charge in [-0.3, -0.25) is 0 Å². The Kier molecular flexibility index (Phi) is 44.4. The highest BCUT2D eigenvalue weighted by Crippen LogP contribution is 2.42. The highest BCUT2D eigenvalue weighted by Gasteiger charge is 2.28. The zero-order chi connectivity index (χ0) is 37.7. The SMILES string of the molecule is CCCCCCCC/C=C\CCCCCCCCC(CCCCCC)(CCCCCCCCC)CCCCCCCC/C=C\CCCCCCCC. The topological polar surface area (TPSA) is 0 Å². The predicted octanol–water partition coefficient (Wildman–Crippen LogP) is 19.9. The molecule has 0 N–H and O–H groups in total. The van der Waals surface area contributed by atoms with Crippen molar-refractivity contribution in [2.75, 3.05) is 0 Å². The molecule has 0 aromatic rings. The zero-order valence-electron chi connectivity index (χ0n) is 37.2. The van der Waals surface area contributed by atoms with Crippen molar-refractivity contribution >= 4 is 0 Å². The molecular formula is C52H102. The van der Waals surface area contributed by atoms with Crippen LogP contribution in [0.25, 0.3) is 0 Å². The molecule has 0 amide bonds.